The zero-order valence-corrected chi connectivity index (χ0v) is 76.1. The maximum Gasteiger partial charge on any atom is 0.245 e. The Morgan fingerprint density at radius 3 is 1.04 bits per heavy atom. The summed E-state index contributed by atoms with van der Waals surface area (Å²) in [5.41, 5.74) is 40.4. The number of amides is 16. The zero-order valence-electron chi connectivity index (χ0n) is 76.1. The molecule has 0 aliphatic rings. The first-order valence-corrected chi connectivity index (χ1v) is 43.4. The Hall–Kier alpha value is -13.8. The van der Waals surface area contributed by atoms with Gasteiger partial charge in [-0.3, -0.25) is 86.7 Å². The molecule has 4 aromatic rings. The van der Waals surface area contributed by atoms with Crippen LogP contribution in [0.2, 0.25) is 0 Å². The van der Waals surface area contributed by atoms with Gasteiger partial charge < -0.3 is 145 Å². The number of nitrogens with two attached hydrogens (primary N) is 7. The van der Waals surface area contributed by atoms with Gasteiger partial charge in [-0.2, -0.15) is 0 Å². The van der Waals surface area contributed by atoms with Crippen LogP contribution in [0.1, 0.15) is 156 Å². The molecular weight excluding hydrogens is 1720 g/mol. The van der Waals surface area contributed by atoms with E-state index in [4.69, 9.17) is 40.1 Å². The molecule has 16 amide bonds. The number of aliphatic hydroxyl groups excluding tert-OH is 2. The normalized spacial score (nSPS) is 15.3. The number of guanidine groups is 2. The van der Waals surface area contributed by atoms with E-state index in [2.05, 4.69) is 94.4 Å². The van der Waals surface area contributed by atoms with E-state index in [9.17, 15) is 87.9 Å². The van der Waals surface area contributed by atoms with E-state index in [0.717, 1.165) is 0 Å². The number of aromatic hydroxyl groups is 3. The highest BCUT2D eigenvalue weighted by molar-refractivity contribution is 6.01. The molecule has 3 aromatic carbocycles. The van der Waals surface area contributed by atoms with Gasteiger partial charge in [-0.15, -0.1) is 0 Å². The number of nitrogens with zero attached hydrogens (tertiary/aromatic N) is 3. The van der Waals surface area contributed by atoms with Crippen LogP contribution in [0.4, 0.5) is 0 Å². The fraction of sp³-hybridized carbons (Fsp3) is 0.547. The third kappa shape index (κ3) is 38.9. The second kappa shape index (κ2) is 55.3. The molecule has 132 heavy (non-hydrogen) atoms. The molecule has 0 saturated heterocycles. The molecule has 18 atom stereocenters. The van der Waals surface area contributed by atoms with Crippen LogP contribution in [0.3, 0.4) is 0 Å². The van der Waals surface area contributed by atoms with Crippen LogP contribution in [-0.4, -0.2) is 258 Å². The van der Waals surface area contributed by atoms with Crippen LogP contribution in [-0.2, 0) is 102 Å². The molecular formula is C86H133N25O21. The third-order valence-electron chi connectivity index (χ3n) is 21.2. The number of rotatable bonds is 57. The number of phenols is 3. The first-order chi connectivity index (χ1) is 62.1. The van der Waals surface area contributed by atoms with E-state index in [0.29, 0.717) is 23.1 Å². The molecule has 46 heteroatoms. The molecule has 46 nitrogen and oxygen atoms in total. The van der Waals surface area contributed by atoms with Gasteiger partial charge in [0.05, 0.1) is 37.2 Å². The molecule has 0 aliphatic carbocycles. The van der Waals surface area contributed by atoms with Crippen LogP contribution in [0.25, 0.3) is 0 Å². The molecule has 0 spiro atoms. The van der Waals surface area contributed by atoms with Gasteiger partial charge in [0.2, 0.25) is 94.5 Å². The second-order valence-corrected chi connectivity index (χ2v) is 33.4. The van der Waals surface area contributed by atoms with E-state index in [1.54, 1.807) is 55.4 Å². The van der Waals surface area contributed by atoms with Crippen molar-refractivity contribution >= 4 is 106 Å². The summed E-state index contributed by atoms with van der Waals surface area (Å²) in [6.07, 6.45) is -0.824. The standard InChI is InChI=1S/C86H133N25O21/c1-12-44(7)67(83(131)107-64(38-66(88)117)79(127)102-59(33-43(5)6)80(128)110-68(45(8)13-2)84(132)111-69(48(11)113)70(89)118)109-81(129)62(36-51-22-28-55(116)29-23-51)105-78(126)63(37-52-39-94-41-97-52)106-74(122)57(17-15-31-96-86(92)93)100-75(123)58(32-42(3)4)101-72(120)47(10)98-82(130)65(40-112)108-77(125)61(35-50-20-26-54(115)27-21-50)104-76(124)60(34-49-18-24-53(114)25-19-49)103-73(121)56(99-71(119)46(9)87)16-14-30-95-85(90)91/h18-29,39,41-48,56-65,67-69,112-116H,12-17,30-38,40,87H2,1-11H3,(H2,88,117)(H2,89,118)(H,94,97)(H,98,130)(H,99,119)(H,100,123)(H,101,120)(H,102,127)(H,103,121)(H,104,124)(H,105,126)(H,106,122)(H,107,131)(H,108,125)(H,109,129)(H,110,128)(H,111,132)(H4,90,91,95)(H4,92,93,96)/t44-,45-,46-,47-,48+,56-,57-,58-,59-,60-,61-,62-,63-,64-,65-,67-,68-,69-/m0/s1. The summed E-state index contributed by atoms with van der Waals surface area (Å²) in [5.74, 6) is -19.1. The van der Waals surface area contributed by atoms with Gasteiger partial charge in [-0.25, -0.2) is 4.98 Å². The molecule has 0 bridgehead atoms. The second-order valence-electron chi connectivity index (χ2n) is 33.4. The Balaban J connectivity index is 1.66. The van der Waals surface area contributed by atoms with Gasteiger partial charge in [0.15, 0.2) is 11.9 Å². The van der Waals surface area contributed by atoms with Crippen LogP contribution in [0.5, 0.6) is 17.2 Å². The number of aliphatic hydroxyl groups is 2. The summed E-state index contributed by atoms with van der Waals surface area (Å²) in [6.45, 7) is 16.1. The monoisotopic (exact) mass is 1850 g/mol. The van der Waals surface area contributed by atoms with Gasteiger partial charge in [-0.1, -0.05) is 105 Å². The SMILES string of the molecule is CC[C@H](C)[C@H](NC(=O)[C@H](Cc1ccc(O)cc1)NC(=O)[C@H](Cc1c[nH]cn1)NC(=O)[C@H](CCCN=C(N)N)NC(=O)[C@H](CC(C)C)NC(=O)[C@H](C)NC(=O)[C@H](CO)NC(=O)[C@H](Cc1ccc(O)cc1)NC(=O)[C@H](Cc1ccc(O)cc1)NC(=O)[C@H](CCCN=C(N)N)NC(=O)[C@H](C)N)C(=O)N[C@@H](CC(N)=O)C(=O)N[C@@H](CC(C)C)C(=O)N[C@H](C(=O)N[C@H](C(N)=O)[C@@H](C)O)[C@@H](C)CC. The Labute approximate surface area is 764 Å². The summed E-state index contributed by atoms with van der Waals surface area (Å²) in [7, 11) is 0. The lowest BCUT2D eigenvalue weighted by atomic mass is 9.95. The lowest BCUT2D eigenvalue weighted by molar-refractivity contribution is -0.137. The summed E-state index contributed by atoms with van der Waals surface area (Å²) in [4.78, 5) is 242. The highest BCUT2D eigenvalue weighted by Gasteiger charge is 2.41. The topological polar surface area (TPSA) is 778 Å². The Kier molecular flexibility index (Phi) is 46.3. The van der Waals surface area contributed by atoms with Crippen LogP contribution < -0.4 is 115 Å². The van der Waals surface area contributed by atoms with Gasteiger partial charge in [0.1, 0.15) is 102 Å². The maximum atomic E-state index is 15.1. The van der Waals surface area contributed by atoms with Crippen molar-refractivity contribution < 1.29 is 102 Å². The molecule has 0 unspecified atom stereocenters. The quantitative estimate of drug-likeness (QED) is 0.0111. The van der Waals surface area contributed by atoms with E-state index >= 15 is 14.4 Å². The smallest absolute Gasteiger partial charge is 0.245 e. The first-order valence-electron chi connectivity index (χ1n) is 43.4. The Morgan fingerprint density at radius 1 is 0.379 bits per heavy atom. The van der Waals surface area contributed by atoms with E-state index < -0.39 is 223 Å². The largest absolute Gasteiger partial charge is 0.508 e. The third-order valence-corrected chi connectivity index (χ3v) is 21.2. The average Bonchev–Trinajstić information content (AvgIpc) is 1.78. The van der Waals surface area contributed by atoms with Gasteiger partial charge in [0.25, 0.3) is 0 Å². The van der Waals surface area contributed by atoms with Crippen molar-refractivity contribution in [1.82, 2.24) is 84.4 Å². The molecule has 728 valence electrons. The molecule has 0 saturated carbocycles. The summed E-state index contributed by atoms with van der Waals surface area (Å²) >= 11 is 0. The Morgan fingerprint density at radius 2 is 0.689 bits per heavy atom. The molecule has 0 radical (unpaired) electrons. The number of carbonyl (C=O) groups excluding carboxylic acids is 16. The van der Waals surface area contributed by atoms with Crippen LogP contribution in [0.15, 0.2) is 95.3 Å². The summed E-state index contributed by atoms with van der Waals surface area (Å²) in [6, 6.07) is -6.69. The molecule has 0 aliphatic heterocycles. The minimum Gasteiger partial charge on any atom is -0.508 e. The van der Waals surface area contributed by atoms with Crippen molar-refractivity contribution in [3.8, 4) is 17.2 Å². The van der Waals surface area contributed by atoms with E-state index in [1.807, 2.05) is 0 Å². The highest BCUT2D eigenvalue weighted by atomic mass is 16.3. The average molecular weight is 1850 g/mol. The number of aromatic nitrogens is 2. The number of aliphatic imine (C=N–C) groups is 2. The number of hydrogen-bond donors (Lipinski definition) is 27. The minimum atomic E-state index is -1.87. The minimum absolute atomic E-state index is 0.0100. The highest BCUT2D eigenvalue weighted by Crippen LogP contribution is 2.20. The van der Waals surface area contributed by atoms with Crippen molar-refractivity contribution in [3.63, 3.8) is 0 Å². The van der Waals surface area contributed by atoms with Crippen LogP contribution >= 0.6 is 0 Å². The van der Waals surface area contributed by atoms with Gasteiger partial charge >= 0.3 is 0 Å². The Bertz CT molecular complexity index is 4570. The van der Waals surface area contributed by atoms with Gasteiger partial charge in [0, 0.05) is 45.0 Å². The number of primary amides is 2. The van der Waals surface area contributed by atoms with Crippen molar-refractivity contribution in [1.29, 1.82) is 0 Å². The lowest BCUT2D eigenvalue weighted by Gasteiger charge is -2.30. The van der Waals surface area contributed by atoms with E-state index in [-0.39, 0.29) is 124 Å². The summed E-state index contributed by atoms with van der Waals surface area (Å²) in [5, 5.41) is 87.2. The molecule has 0 fully saturated rings. The van der Waals surface area contributed by atoms with Crippen molar-refractivity contribution in [2.24, 2.45) is 73.8 Å². The molecule has 34 N–H and O–H groups in total. The van der Waals surface area contributed by atoms with E-state index in [1.165, 1.54) is 106 Å². The fourth-order valence-electron chi connectivity index (χ4n) is 13.3. The summed E-state index contributed by atoms with van der Waals surface area (Å²) < 4.78 is 0. The molecule has 1 heterocycles. The predicted molar refractivity (Wildman–Crippen MR) is 483 cm³/mol. The lowest BCUT2D eigenvalue weighted by Crippen LogP contribution is -2.62. The number of imidazole rings is 1. The molecule has 1 aromatic heterocycles. The van der Waals surface area contributed by atoms with Gasteiger partial charge in [-0.05, 0) is 136 Å². The number of nitrogens with one attached hydrogen (secondary N) is 15. The van der Waals surface area contributed by atoms with Crippen molar-refractivity contribution in [2.45, 2.75) is 256 Å². The van der Waals surface area contributed by atoms with Crippen molar-refractivity contribution in [2.75, 3.05) is 19.7 Å². The number of phenolic OH excluding ortho intramolecular Hbond substituents is 3. The van der Waals surface area contributed by atoms with Crippen LogP contribution in [0, 0.1) is 23.7 Å². The zero-order chi connectivity index (χ0) is 98.9. The number of benzene rings is 3. The number of carbonyl (C=O) groups is 16. The predicted octanol–water partition coefficient (Wildman–Crippen LogP) is -6.02. The number of aromatic amines is 1. The first kappa shape index (κ1) is 111. The fourth-order valence-corrected chi connectivity index (χ4v) is 13.3. The maximum absolute atomic E-state index is 15.1. The van der Waals surface area contributed by atoms with Crippen molar-refractivity contribution in [3.05, 3.63) is 108 Å². The number of H-pyrrole nitrogens is 1. The number of hydrogen-bond acceptors (Lipinski definition) is 25. The molecule has 4 rings (SSSR count).